The van der Waals surface area contributed by atoms with Gasteiger partial charge in [0.25, 0.3) is 11.6 Å². The van der Waals surface area contributed by atoms with Crippen molar-refractivity contribution in [3.63, 3.8) is 0 Å². The molecule has 0 atom stereocenters. The maximum absolute atomic E-state index is 12.9. The number of benzene rings is 3. The fourth-order valence-electron chi connectivity index (χ4n) is 2.88. The number of nitrogens with zero attached hydrogens (tertiary/aromatic N) is 1. The molecule has 0 heterocycles. The summed E-state index contributed by atoms with van der Waals surface area (Å²) in [7, 11) is 0. The first-order valence-corrected chi connectivity index (χ1v) is 9.23. The van der Waals surface area contributed by atoms with Gasteiger partial charge in [-0.15, -0.1) is 0 Å². The van der Waals surface area contributed by atoms with E-state index in [1.165, 1.54) is 12.1 Å². The lowest BCUT2D eigenvalue weighted by Crippen LogP contribution is -2.22. The van der Waals surface area contributed by atoms with Gasteiger partial charge in [0.1, 0.15) is 5.75 Å². The van der Waals surface area contributed by atoms with Gasteiger partial charge < -0.3 is 10.1 Å². The van der Waals surface area contributed by atoms with Crippen LogP contribution in [0, 0.1) is 24.0 Å². The van der Waals surface area contributed by atoms with Crippen molar-refractivity contribution in [1.29, 1.82) is 0 Å². The lowest BCUT2D eigenvalue weighted by molar-refractivity contribution is -0.384. The monoisotopic (exact) mass is 404 g/mol. The van der Waals surface area contributed by atoms with Crippen molar-refractivity contribution in [2.75, 3.05) is 11.9 Å². The van der Waals surface area contributed by atoms with E-state index in [1.807, 2.05) is 32.0 Å². The molecule has 0 saturated heterocycles. The van der Waals surface area contributed by atoms with Crippen LogP contribution in [0.1, 0.15) is 27.0 Å². The molecule has 0 unspecified atom stereocenters. The van der Waals surface area contributed by atoms with Gasteiger partial charge in [-0.1, -0.05) is 42.5 Å². The third-order valence-electron chi connectivity index (χ3n) is 4.47. The van der Waals surface area contributed by atoms with Crippen LogP contribution in [0.3, 0.4) is 0 Å². The number of rotatable bonds is 7. The summed E-state index contributed by atoms with van der Waals surface area (Å²) in [6.45, 7) is 3.53. The summed E-state index contributed by atoms with van der Waals surface area (Å²) < 4.78 is 5.59. The van der Waals surface area contributed by atoms with Crippen LogP contribution in [0.2, 0.25) is 0 Å². The second-order valence-electron chi connectivity index (χ2n) is 6.79. The van der Waals surface area contributed by atoms with Gasteiger partial charge in [0.05, 0.1) is 16.2 Å². The van der Waals surface area contributed by atoms with E-state index < -0.39 is 16.6 Å². The highest BCUT2D eigenvalue weighted by atomic mass is 16.6. The predicted molar refractivity (Wildman–Crippen MR) is 113 cm³/mol. The fraction of sp³-hybridized carbons (Fsp3) is 0.130. The van der Waals surface area contributed by atoms with E-state index in [0.717, 1.165) is 17.2 Å². The first kappa shape index (κ1) is 20.7. The number of hydrogen-bond donors (Lipinski definition) is 1. The topological polar surface area (TPSA) is 98.5 Å². The Labute approximate surface area is 173 Å². The van der Waals surface area contributed by atoms with E-state index in [0.29, 0.717) is 11.3 Å². The smallest absolute Gasteiger partial charge is 0.270 e. The van der Waals surface area contributed by atoms with Crippen LogP contribution in [0.25, 0.3) is 0 Å². The Morgan fingerprint density at radius 2 is 1.73 bits per heavy atom. The molecule has 7 nitrogen and oxygen atoms in total. The molecule has 0 saturated carbocycles. The molecular weight excluding hydrogens is 384 g/mol. The maximum Gasteiger partial charge on any atom is 0.270 e. The second kappa shape index (κ2) is 9.00. The zero-order chi connectivity index (χ0) is 21.7. The number of carbonyl (C=O) groups is 2. The van der Waals surface area contributed by atoms with Gasteiger partial charge in [-0.3, -0.25) is 19.7 Å². The summed E-state index contributed by atoms with van der Waals surface area (Å²) in [5.74, 6) is -0.314. The van der Waals surface area contributed by atoms with Gasteiger partial charge >= 0.3 is 0 Å². The summed E-state index contributed by atoms with van der Waals surface area (Å²) in [6.07, 6.45) is 0. The third kappa shape index (κ3) is 4.88. The van der Waals surface area contributed by atoms with Crippen LogP contribution in [0.15, 0.2) is 66.7 Å². The van der Waals surface area contributed by atoms with Gasteiger partial charge in [-0.05, 0) is 37.1 Å². The van der Waals surface area contributed by atoms with Crippen LogP contribution in [-0.2, 0) is 4.79 Å². The zero-order valence-corrected chi connectivity index (χ0v) is 16.5. The molecule has 0 bridgehead atoms. The quantitative estimate of drug-likeness (QED) is 0.356. The van der Waals surface area contributed by atoms with E-state index in [2.05, 4.69) is 5.32 Å². The van der Waals surface area contributed by atoms with E-state index >= 15 is 0 Å². The Morgan fingerprint density at radius 1 is 1.00 bits per heavy atom. The van der Waals surface area contributed by atoms with Crippen molar-refractivity contribution in [3.8, 4) is 5.75 Å². The van der Waals surface area contributed by atoms with Gasteiger partial charge in [0.15, 0.2) is 12.4 Å². The predicted octanol–water partition coefficient (Wildman–Crippen LogP) is 4.46. The number of ether oxygens (including phenoxy) is 1. The number of non-ortho nitro benzene ring substituents is 1. The molecule has 0 radical (unpaired) electrons. The number of aryl methyl sites for hydroxylation is 2. The summed E-state index contributed by atoms with van der Waals surface area (Å²) in [5.41, 5.74) is 2.24. The number of nitro benzene ring substituents is 1. The Balaban J connectivity index is 1.82. The van der Waals surface area contributed by atoms with E-state index in [9.17, 15) is 19.7 Å². The van der Waals surface area contributed by atoms with Gasteiger partial charge in [-0.25, -0.2) is 0 Å². The number of amides is 1. The molecule has 0 fully saturated rings. The van der Waals surface area contributed by atoms with Crippen molar-refractivity contribution in [2.45, 2.75) is 13.8 Å². The van der Waals surface area contributed by atoms with Crippen LogP contribution < -0.4 is 10.1 Å². The van der Waals surface area contributed by atoms with Crippen molar-refractivity contribution < 1.29 is 19.2 Å². The molecule has 3 rings (SSSR count). The fourth-order valence-corrected chi connectivity index (χ4v) is 2.88. The normalized spacial score (nSPS) is 10.3. The largest absolute Gasteiger partial charge is 0.483 e. The molecule has 152 valence electrons. The molecule has 0 aliphatic rings. The van der Waals surface area contributed by atoms with Crippen LogP contribution in [-0.4, -0.2) is 23.2 Å². The lowest BCUT2D eigenvalue weighted by Gasteiger charge is -2.12. The number of ketones is 1. The number of nitrogens with one attached hydrogen (secondary N) is 1. The number of hydrogen-bond acceptors (Lipinski definition) is 5. The Hall–Kier alpha value is -4.00. The lowest BCUT2D eigenvalue weighted by atomic mass is 10.0. The molecule has 0 aliphatic heterocycles. The van der Waals surface area contributed by atoms with Crippen LogP contribution in [0.4, 0.5) is 11.4 Å². The minimum absolute atomic E-state index is 0.0375. The van der Waals surface area contributed by atoms with Gasteiger partial charge in [0, 0.05) is 17.7 Å². The summed E-state index contributed by atoms with van der Waals surface area (Å²) >= 11 is 0. The second-order valence-corrected chi connectivity index (χ2v) is 6.79. The first-order chi connectivity index (χ1) is 14.3. The third-order valence-corrected chi connectivity index (χ3v) is 4.47. The standard InChI is InChI=1S/C23H20N2O5/c1-15-8-9-16(2)21(12-15)30-14-22(26)24-20-11-10-18(25(28)29)13-19(20)23(27)17-6-4-3-5-7-17/h3-13H,14H2,1-2H3,(H,24,26). The SMILES string of the molecule is Cc1ccc(C)c(OCC(=O)Nc2ccc([N+](=O)[O-])cc2C(=O)c2ccccc2)c1. The Morgan fingerprint density at radius 3 is 2.43 bits per heavy atom. The number of carbonyl (C=O) groups excluding carboxylic acids is 2. The average Bonchev–Trinajstić information content (AvgIpc) is 2.74. The van der Waals surface area contributed by atoms with Crippen molar-refractivity contribution in [1.82, 2.24) is 0 Å². The van der Waals surface area contributed by atoms with Crippen LogP contribution in [0.5, 0.6) is 5.75 Å². The first-order valence-electron chi connectivity index (χ1n) is 9.23. The molecule has 3 aromatic rings. The van der Waals surface area contributed by atoms with Crippen molar-refractivity contribution in [2.24, 2.45) is 0 Å². The number of anilines is 1. The van der Waals surface area contributed by atoms with Gasteiger partial charge in [0.2, 0.25) is 0 Å². The van der Waals surface area contributed by atoms with Crippen molar-refractivity contribution >= 4 is 23.1 Å². The zero-order valence-electron chi connectivity index (χ0n) is 16.5. The molecule has 7 heteroatoms. The number of nitro groups is 1. The highest BCUT2D eigenvalue weighted by molar-refractivity contribution is 6.14. The molecule has 3 aromatic carbocycles. The molecule has 1 N–H and O–H groups in total. The van der Waals surface area contributed by atoms with E-state index in [4.69, 9.17) is 4.74 Å². The minimum Gasteiger partial charge on any atom is -0.483 e. The van der Waals surface area contributed by atoms with Crippen LogP contribution >= 0.6 is 0 Å². The summed E-state index contributed by atoms with van der Waals surface area (Å²) in [6, 6.07) is 17.8. The molecule has 0 spiro atoms. The average molecular weight is 404 g/mol. The van der Waals surface area contributed by atoms with E-state index in [-0.39, 0.29) is 23.5 Å². The molecular formula is C23H20N2O5. The van der Waals surface area contributed by atoms with Crippen molar-refractivity contribution in [3.05, 3.63) is 99.1 Å². The molecule has 0 aliphatic carbocycles. The summed E-state index contributed by atoms with van der Waals surface area (Å²) in [4.78, 5) is 35.9. The highest BCUT2D eigenvalue weighted by Gasteiger charge is 2.19. The maximum atomic E-state index is 12.9. The molecule has 30 heavy (non-hydrogen) atoms. The highest BCUT2D eigenvalue weighted by Crippen LogP contribution is 2.25. The molecule has 1 amide bonds. The van der Waals surface area contributed by atoms with E-state index in [1.54, 1.807) is 30.3 Å². The molecule has 0 aromatic heterocycles. The summed E-state index contributed by atoms with van der Waals surface area (Å²) in [5, 5.41) is 13.8. The Bertz CT molecular complexity index is 1110. The van der Waals surface area contributed by atoms with Gasteiger partial charge in [-0.2, -0.15) is 0 Å². The minimum atomic E-state index is -0.586. The Kier molecular flexibility index (Phi) is 6.22.